The van der Waals surface area contributed by atoms with Crippen molar-refractivity contribution in [3.05, 3.63) is 69.9 Å². The number of aryl methyl sites for hydroxylation is 2. The zero-order valence-electron chi connectivity index (χ0n) is 18.7. The number of piperazine rings is 1. The zero-order chi connectivity index (χ0) is 22.6. The molecule has 0 amide bonds. The van der Waals surface area contributed by atoms with E-state index in [-0.39, 0.29) is 5.56 Å². The number of nitriles is 1. The first-order valence-corrected chi connectivity index (χ1v) is 11.6. The number of fused-ring (bicyclic) bond motifs is 1. The molecule has 8 nitrogen and oxygen atoms in total. The van der Waals surface area contributed by atoms with Crippen LogP contribution in [0, 0.1) is 11.3 Å². The summed E-state index contributed by atoms with van der Waals surface area (Å²) in [6, 6.07) is 11.5. The maximum atomic E-state index is 12.3. The normalized spacial score (nSPS) is 16.3. The van der Waals surface area contributed by atoms with Gasteiger partial charge >= 0.3 is 0 Å². The first-order chi connectivity index (χ1) is 16.2. The molecule has 1 fully saturated rings. The summed E-state index contributed by atoms with van der Waals surface area (Å²) >= 11 is 0. The van der Waals surface area contributed by atoms with Crippen molar-refractivity contribution in [3.8, 4) is 17.3 Å². The molecule has 3 aromatic heterocycles. The molecule has 0 radical (unpaired) electrons. The molecule has 2 aliphatic rings. The fraction of sp³-hybridized carbons (Fsp3) is 0.400. The molecule has 0 saturated carbocycles. The van der Waals surface area contributed by atoms with Gasteiger partial charge in [0, 0.05) is 62.4 Å². The van der Waals surface area contributed by atoms with Crippen LogP contribution in [0.25, 0.3) is 11.3 Å². The average molecular weight is 442 g/mol. The van der Waals surface area contributed by atoms with E-state index in [1.54, 1.807) is 24.5 Å². The molecule has 5 rings (SSSR count). The van der Waals surface area contributed by atoms with Gasteiger partial charge in [-0.25, -0.2) is 9.67 Å². The number of nitrogens with zero attached hydrogens (tertiary/aromatic N) is 7. The van der Waals surface area contributed by atoms with Crippen LogP contribution in [0.1, 0.15) is 29.7 Å². The Bertz CT molecular complexity index is 1220. The number of anilines is 1. The highest BCUT2D eigenvalue weighted by Gasteiger charge is 2.23. The molecule has 0 spiro atoms. The largest absolute Gasteiger partial charge is 0.353 e. The van der Waals surface area contributed by atoms with Crippen molar-refractivity contribution in [2.75, 3.05) is 37.6 Å². The topological polar surface area (TPSA) is 90.9 Å². The summed E-state index contributed by atoms with van der Waals surface area (Å²) in [4.78, 5) is 25.9. The zero-order valence-corrected chi connectivity index (χ0v) is 18.7. The third-order valence-electron chi connectivity index (χ3n) is 6.52. The summed E-state index contributed by atoms with van der Waals surface area (Å²) < 4.78 is 1.54. The van der Waals surface area contributed by atoms with Crippen LogP contribution in [-0.2, 0) is 19.4 Å². The van der Waals surface area contributed by atoms with E-state index in [1.807, 2.05) is 12.1 Å². The van der Waals surface area contributed by atoms with Crippen LogP contribution in [0.2, 0.25) is 0 Å². The van der Waals surface area contributed by atoms with Crippen molar-refractivity contribution in [2.24, 2.45) is 0 Å². The predicted molar refractivity (Wildman–Crippen MR) is 126 cm³/mol. The lowest BCUT2D eigenvalue weighted by atomic mass is 9.95. The molecule has 33 heavy (non-hydrogen) atoms. The van der Waals surface area contributed by atoms with Crippen LogP contribution in [0.3, 0.4) is 0 Å². The van der Waals surface area contributed by atoms with E-state index in [9.17, 15) is 10.1 Å². The van der Waals surface area contributed by atoms with Crippen LogP contribution in [0.5, 0.6) is 0 Å². The van der Waals surface area contributed by atoms with Crippen LogP contribution < -0.4 is 10.5 Å². The molecule has 3 aromatic rings. The second kappa shape index (κ2) is 9.51. The van der Waals surface area contributed by atoms with E-state index in [0.29, 0.717) is 12.1 Å². The Kier molecular flexibility index (Phi) is 6.13. The molecule has 168 valence electrons. The third kappa shape index (κ3) is 4.64. The minimum Gasteiger partial charge on any atom is -0.353 e. The van der Waals surface area contributed by atoms with Gasteiger partial charge in [-0.15, -0.1) is 0 Å². The molecular formula is C25H27N7O. The maximum absolute atomic E-state index is 12.3. The molecule has 1 saturated heterocycles. The van der Waals surface area contributed by atoms with Crippen LogP contribution >= 0.6 is 0 Å². The molecule has 0 atom stereocenters. The van der Waals surface area contributed by atoms with Crippen molar-refractivity contribution >= 4 is 5.82 Å². The van der Waals surface area contributed by atoms with Crippen LogP contribution in [0.4, 0.5) is 5.82 Å². The summed E-state index contributed by atoms with van der Waals surface area (Å²) in [7, 11) is 0. The fourth-order valence-electron chi connectivity index (χ4n) is 4.64. The maximum Gasteiger partial charge on any atom is 0.266 e. The summed E-state index contributed by atoms with van der Waals surface area (Å²) in [5.74, 6) is 0.833. The molecule has 4 heterocycles. The molecule has 0 aromatic carbocycles. The quantitative estimate of drug-likeness (QED) is 0.600. The summed E-state index contributed by atoms with van der Waals surface area (Å²) in [5, 5.41) is 14.2. The minimum absolute atomic E-state index is 0.0989. The van der Waals surface area contributed by atoms with Gasteiger partial charge in [0.25, 0.3) is 5.56 Å². The van der Waals surface area contributed by atoms with Gasteiger partial charge in [0.05, 0.1) is 17.8 Å². The van der Waals surface area contributed by atoms with Crippen LogP contribution in [-0.4, -0.2) is 57.4 Å². The molecule has 1 aliphatic carbocycles. The van der Waals surface area contributed by atoms with Crippen molar-refractivity contribution in [1.82, 2.24) is 24.6 Å². The summed E-state index contributed by atoms with van der Waals surface area (Å²) in [6.45, 7) is 4.64. The Morgan fingerprint density at radius 3 is 2.67 bits per heavy atom. The van der Waals surface area contributed by atoms with Crippen molar-refractivity contribution in [1.29, 1.82) is 5.26 Å². The highest BCUT2D eigenvalue weighted by atomic mass is 16.1. The summed E-state index contributed by atoms with van der Waals surface area (Å²) in [5.41, 5.74) is 4.63. The molecule has 0 bridgehead atoms. The Balaban J connectivity index is 1.22. The van der Waals surface area contributed by atoms with E-state index in [4.69, 9.17) is 4.98 Å². The van der Waals surface area contributed by atoms with Gasteiger partial charge in [0.15, 0.2) is 0 Å². The first-order valence-electron chi connectivity index (χ1n) is 11.6. The Morgan fingerprint density at radius 1 is 1.03 bits per heavy atom. The molecular weight excluding hydrogens is 414 g/mol. The lowest BCUT2D eigenvalue weighted by Gasteiger charge is -2.36. The smallest absolute Gasteiger partial charge is 0.266 e. The monoisotopic (exact) mass is 441 g/mol. The molecule has 0 N–H and O–H groups in total. The Morgan fingerprint density at radius 2 is 1.88 bits per heavy atom. The third-order valence-corrected chi connectivity index (χ3v) is 6.52. The van der Waals surface area contributed by atoms with Gasteiger partial charge in [-0.05, 0) is 55.5 Å². The number of rotatable bonds is 5. The predicted octanol–water partition coefficient (Wildman–Crippen LogP) is 2.27. The van der Waals surface area contributed by atoms with Gasteiger partial charge in [0.1, 0.15) is 11.9 Å². The van der Waals surface area contributed by atoms with E-state index in [0.717, 1.165) is 68.3 Å². The van der Waals surface area contributed by atoms with Gasteiger partial charge < -0.3 is 4.90 Å². The Hall–Kier alpha value is -3.57. The summed E-state index contributed by atoms with van der Waals surface area (Å²) in [6.07, 6.45) is 7.86. The SMILES string of the molecule is N#Cc1cc2c(nc1N1CCN(CCn3nc(-c4cccnc4)ccc3=O)CC1)CCCC2. The van der Waals surface area contributed by atoms with Crippen molar-refractivity contribution in [3.63, 3.8) is 0 Å². The first kappa shape index (κ1) is 21.3. The number of hydrogen-bond donors (Lipinski definition) is 0. The van der Waals surface area contributed by atoms with Crippen molar-refractivity contribution in [2.45, 2.75) is 32.2 Å². The average Bonchev–Trinajstić information content (AvgIpc) is 2.88. The van der Waals surface area contributed by atoms with Crippen LogP contribution in [0.15, 0.2) is 47.5 Å². The van der Waals surface area contributed by atoms with Gasteiger partial charge in [-0.1, -0.05) is 0 Å². The molecule has 0 unspecified atom stereocenters. The van der Waals surface area contributed by atoms with E-state index in [1.165, 1.54) is 23.1 Å². The van der Waals surface area contributed by atoms with Gasteiger partial charge in [-0.3, -0.25) is 14.7 Å². The van der Waals surface area contributed by atoms with E-state index >= 15 is 0 Å². The number of pyridine rings is 2. The minimum atomic E-state index is -0.0989. The second-order valence-corrected chi connectivity index (χ2v) is 8.63. The van der Waals surface area contributed by atoms with Crippen molar-refractivity contribution < 1.29 is 0 Å². The van der Waals surface area contributed by atoms with Gasteiger partial charge in [-0.2, -0.15) is 10.4 Å². The molecule has 8 heteroatoms. The fourth-order valence-corrected chi connectivity index (χ4v) is 4.64. The number of aromatic nitrogens is 4. The second-order valence-electron chi connectivity index (χ2n) is 8.63. The number of hydrogen-bond acceptors (Lipinski definition) is 7. The lowest BCUT2D eigenvalue weighted by Crippen LogP contribution is -2.48. The standard InChI is InChI=1S/C25H27N7O/c26-17-21-16-19-4-1-2-6-22(19)28-25(21)31-13-10-30(11-14-31)12-15-32-24(33)8-7-23(29-32)20-5-3-9-27-18-20/h3,5,7-9,16,18H,1-2,4,6,10-15H2. The molecule has 1 aliphatic heterocycles. The Labute approximate surface area is 193 Å². The lowest BCUT2D eigenvalue weighted by molar-refractivity contribution is 0.242. The highest BCUT2D eigenvalue weighted by Crippen LogP contribution is 2.27. The van der Waals surface area contributed by atoms with Gasteiger partial charge in [0.2, 0.25) is 0 Å². The van der Waals surface area contributed by atoms with E-state index < -0.39 is 0 Å². The van der Waals surface area contributed by atoms with E-state index in [2.05, 4.69) is 32.0 Å². The highest BCUT2D eigenvalue weighted by molar-refractivity contribution is 5.57.